The van der Waals surface area contributed by atoms with E-state index in [4.69, 9.17) is 0 Å². The van der Waals surface area contributed by atoms with Crippen LogP contribution in [0, 0.1) is 0 Å². The summed E-state index contributed by atoms with van der Waals surface area (Å²) in [6, 6.07) is 0.865. The van der Waals surface area contributed by atoms with E-state index in [0.717, 1.165) is 6.04 Å². The second-order valence-electron chi connectivity index (χ2n) is 4.35. The molecule has 76 valence electrons. The first-order valence-electron chi connectivity index (χ1n) is 5.44. The van der Waals surface area contributed by atoms with Crippen molar-refractivity contribution in [3.05, 3.63) is 0 Å². The van der Waals surface area contributed by atoms with Gasteiger partial charge in [-0.05, 0) is 13.6 Å². The van der Waals surface area contributed by atoms with Gasteiger partial charge >= 0.3 is 0 Å². The van der Waals surface area contributed by atoms with Crippen LogP contribution < -0.4 is 0 Å². The highest BCUT2D eigenvalue weighted by Crippen LogP contribution is 2.14. The van der Waals surface area contributed by atoms with Gasteiger partial charge < -0.3 is 9.80 Å². The van der Waals surface area contributed by atoms with E-state index in [1.807, 2.05) is 0 Å². The molecule has 2 saturated heterocycles. The number of hydrogen-bond acceptors (Lipinski definition) is 3. The van der Waals surface area contributed by atoms with Crippen LogP contribution in [0.1, 0.15) is 6.92 Å². The van der Waals surface area contributed by atoms with Crippen LogP contribution in [0.25, 0.3) is 0 Å². The largest absolute Gasteiger partial charge is 0.303 e. The molecule has 0 spiro atoms. The van der Waals surface area contributed by atoms with Crippen LogP contribution in [-0.2, 0) is 0 Å². The first-order chi connectivity index (χ1) is 6.29. The highest BCUT2D eigenvalue weighted by Gasteiger charge is 2.30. The zero-order valence-electron chi connectivity index (χ0n) is 8.87. The van der Waals surface area contributed by atoms with Crippen LogP contribution >= 0.6 is 0 Å². The molecule has 0 radical (unpaired) electrons. The van der Waals surface area contributed by atoms with Crippen molar-refractivity contribution in [3.8, 4) is 0 Å². The Balaban J connectivity index is 1.72. The lowest BCUT2D eigenvalue weighted by Crippen LogP contribution is -2.61. The zero-order chi connectivity index (χ0) is 9.26. The number of nitrogens with zero attached hydrogens (tertiary/aromatic N) is 3. The summed E-state index contributed by atoms with van der Waals surface area (Å²) in [5.74, 6) is 0. The van der Waals surface area contributed by atoms with Crippen LogP contribution in [-0.4, -0.2) is 73.6 Å². The monoisotopic (exact) mass is 183 g/mol. The lowest BCUT2D eigenvalue weighted by molar-refractivity contribution is 0.0190. The van der Waals surface area contributed by atoms with Crippen molar-refractivity contribution in [3.63, 3.8) is 0 Å². The first-order valence-corrected chi connectivity index (χ1v) is 5.44. The maximum Gasteiger partial charge on any atom is 0.0351 e. The van der Waals surface area contributed by atoms with Gasteiger partial charge in [0.05, 0.1) is 0 Å². The number of likely N-dealkylation sites (tertiary alicyclic amines) is 1. The van der Waals surface area contributed by atoms with E-state index in [9.17, 15) is 0 Å². The summed E-state index contributed by atoms with van der Waals surface area (Å²) in [5.41, 5.74) is 0. The van der Waals surface area contributed by atoms with Gasteiger partial charge in [-0.25, -0.2) is 0 Å². The van der Waals surface area contributed by atoms with Gasteiger partial charge in [0.1, 0.15) is 0 Å². The van der Waals surface area contributed by atoms with Crippen molar-refractivity contribution in [2.24, 2.45) is 0 Å². The molecule has 13 heavy (non-hydrogen) atoms. The Morgan fingerprint density at radius 2 is 1.69 bits per heavy atom. The molecule has 0 bridgehead atoms. The van der Waals surface area contributed by atoms with E-state index < -0.39 is 0 Å². The maximum atomic E-state index is 2.66. The minimum Gasteiger partial charge on any atom is -0.303 e. The third-order valence-corrected chi connectivity index (χ3v) is 3.42. The maximum absolute atomic E-state index is 2.66. The molecular weight excluding hydrogens is 162 g/mol. The van der Waals surface area contributed by atoms with Gasteiger partial charge in [-0.15, -0.1) is 0 Å². The standard InChI is InChI=1S/C10H21N3/c1-3-12-4-6-13(7-5-12)10-8-11(2)9-10/h10H,3-9H2,1-2H3. The predicted molar refractivity (Wildman–Crippen MR) is 55.0 cm³/mol. The minimum atomic E-state index is 0.865. The molecular formula is C10H21N3. The fraction of sp³-hybridized carbons (Fsp3) is 1.00. The summed E-state index contributed by atoms with van der Waals surface area (Å²) < 4.78 is 0. The van der Waals surface area contributed by atoms with Crippen molar-refractivity contribution in [1.29, 1.82) is 0 Å². The van der Waals surface area contributed by atoms with Crippen LogP contribution in [0.4, 0.5) is 0 Å². The van der Waals surface area contributed by atoms with Crippen LogP contribution in [0.5, 0.6) is 0 Å². The Hall–Kier alpha value is -0.120. The van der Waals surface area contributed by atoms with E-state index in [1.54, 1.807) is 0 Å². The molecule has 2 heterocycles. The summed E-state index contributed by atoms with van der Waals surface area (Å²) >= 11 is 0. The fourth-order valence-corrected chi connectivity index (χ4v) is 2.34. The normalized spacial score (nSPS) is 29.1. The molecule has 2 fully saturated rings. The lowest BCUT2D eigenvalue weighted by atomic mass is 10.1. The molecule has 3 heteroatoms. The zero-order valence-corrected chi connectivity index (χ0v) is 8.87. The topological polar surface area (TPSA) is 9.72 Å². The third-order valence-electron chi connectivity index (χ3n) is 3.42. The van der Waals surface area contributed by atoms with Crippen LogP contribution in [0.3, 0.4) is 0 Å². The summed E-state index contributed by atoms with van der Waals surface area (Å²) in [6.45, 7) is 11.2. The Morgan fingerprint density at radius 3 is 2.15 bits per heavy atom. The molecule has 3 nitrogen and oxygen atoms in total. The smallest absolute Gasteiger partial charge is 0.0351 e. The summed E-state index contributed by atoms with van der Waals surface area (Å²) in [6.07, 6.45) is 0. The SMILES string of the molecule is CCN1CCN(C2CN(C)C2)CC1. The van der Waals surface area contributed by atoms with Crippen molar-refractivity contribution in [2.75, 3.05) is 52.9 Å². The average Bonchev–Trinajstić information content (AvgIpc) is 2.13. The second kappa shape index (κ2) is 3.95. The molecule has 0 aromatic heterocycles. The lowest BCUT2D eigenvalue weighted by Gasteiger charge is -2.46. The molecule has 0 N–H and O–H groups in total. The van der Waals surface area contributed by atoms with Crippen LogP contribution in [0.2, 0.25) is 0 Å². The fourth-order valence-electron chi connectivity index (χ4n) is 2.34. The van der Waals surface area contributed by atoms with E-state index in [1.165, 1.54) is 45.8 Å². The Morgan fingerprint density at radius 1 is 1.08 bits per heavy atom. The molecule has 0 aromatic rings. The number of piperazine rings is 1. The molecule has 0 saturated carbocycles. The van der Waals surface area contributed by atoms with Crippen molar-refractivity contribution in [2.45, 2.75) is 13.0 Å². The van der Waals surface area contributed by atoms with E-state index in [0.29, 0.717) is 0 Å². The summed E-state index contributed by atoms with van der Waals surface area (Å²) in [5, 5.41) is 0. The van der Waals surface area contributed by atoms with E-state index in [-0.39, 0.29) is 0 Å². The van der Waals surface area contributed by atoms with Gasteiger partial charge in [-0.3, -0.25) is 4.90 Å². The van der Waals surface area contributed by atoms with Crippen molar-refractivity contribution >= 4 is 0 Å². The van der Waals surface area contributed by atoms with Crippen molar-refractivity contribution in [1.82, 2.24) is 14.7 Å². The molecule has 2 rings (SSSR count). The second-order valence-corrected chi connectivity index (χ2v) is 4.35. The highest BCUT2D eigenvalue weighted by molar-refractivity contribution is 4.88. The van der Waals surface area contributed by atoms with Gasteiger partial charge in [-0.1, -0.05) is 6.92 Å². The third kappa shape index (κ3) is 2.03. The van der Waals surface area contributed by atoms with Crippen LogP contribution in [0.15, 0.2) is 0 Å². The van der Waals surface area contributed by atoms with Gasteiger partial charge in [0.15, 0.2) is 0 Å². The number of rotatable bonds is 2. The molecule has 2 aliphatic heterocycles. The molecule has 0 amide bonds. The van der Waals surface area contributed by atoms with Gasteiger partial charge in [0, 0.05) is 45.3 Å². The van der Waals surface area contributed by atoms with Crippen molar-refractivity contribution < 1.29 is 0 Å². The quantitative estimate of drug-likeness (QED) is 0.594. The van der Waals surface area contributed by atoms with E-state index >= 15 is 0 Å². The van der Waals surface area contributed by atoms with Gasteiger partial charge in [-0.2, -0.15) is 0 Å². The molecule has 0 atom stereocenters. The molecule has 0 aromatic carbocycles. The summed E-state index contributed by atoms with van der Waals surface area (Å²) in [4.78, 5) is 7.60. The molecule has 0 unspecified atom stereocenters. The highest BCUT2D eigenvalue weighted by atomic mass is 15.3. The first kappa shape index (κ1) is 9.44. The number of likely N-dealkylation sites (N-methyl/N-ethyl adjacent to an activating group) is 2. The Bertz CT molecular complexity index is 158. The Kier molecular flexibility index (Phi) is 2.86. The van der Waals surface area contributed by atoms with Gasteiger partial charge in [0.25, 0.3) is 0 Å². The summed E-state index contributed by atoms with van der Waals surface area (Å²) in [7, 11) is 2.21. The minimum absolute atomic E-state index is 0.865. The molecule has 2 aliphatic rings. The Labute approximate surface area is 81.3 Å². The number of hydrogen-bond donors (Lipinski definition) is 0. The van der Waals surface area contributed by atoms with E-state index in [2.05, 4.69) is 28.7 Å². The molecule has 0 aliphatic carbocycles. The predicted octanol–water partition coefficient (Wildman–Crippen LogP) is -0.0621. The average molecular weight is 183 g/mol. The van der Waals surface area contributed by atoms with Gasteiger partial charge in [0.2, 0.25) is 0 Å².